The first kappa shape index (κ1) is 13.2. The second-order valence-corrected chi connectivity index (χ2v) is 3.70. The van der Waals surface area contributed by atoms with Gasteiger partial charge in [-0.15, -0.1) is 0 Å². The van der Waals surface area contributed by atoms with Gasteiger partial charge in [-0.3, -0.25) is 0 Å². The summed E-state index contributed by atoms with van der Waals surface area (Å²) in [5.74, 6) is 0. The molecule has 0 fully saturated rings. The zero-order valence-electron chi connectivity index (χ0n) is 10.2. The number of rotatable bonds is 3. The second kappa shape index (κ2) is 8.28. The fourth-order valence-electron chi connectivity index (χ4n) is 1.42. The summed E-state index contributed by atoms with van der Waals surface area (Å²) in [4.78, 5) is 9.97. The minimum atomic E-state index is 0.529. The van der Waals surface area contributed by atoms with Crippen LogP contribution in [0.3, 0.4) is 0 Å². The molecule has 0 heterocycles. The van der Waals surface area contributed by atoms with Gasteiger partial charge in [0.2, 0.25) is 0 Å². The van der Waals surface area contributed by atoms with E-state index < -0.39 is 0 Å². The van der Waals surface area contributed by atoms with Crippen molar-refractivity contribution in [2.75, 3.05) is 0 Å². The molecule has 0 atom stereocenters. The van der Waals surface area contributed by atoms with Crippen LogP contribution in [0.25, 0.3) is 0 Å². The Morgan fingerprint density at radius 2 is 1.29 bits per heavy atom. The SMILES string of the molecule is CCc1ccccc1.O=CCc1ccccc1. The molecule has 0 unspecified atom stereocenters. The lowest BCUT2D eigenvalue weighted by atomic mass is 10.2. The van der Waals surface area contributed by atoms with Crippen LogP contribution in [0.2, 0.25) is 0 Å². The molecule has 0 N–H and O–H groups in total. The third-order valence-electron chi connectivity index (χ3n) is 2.41. The minimum absolute atomic E-state index is 0.529. The molecule has 0 aromatic heterocycles. The average Bonchev–Trinajstić information content (AvgIpc) is 2.42. The van der Waals surface area contributed by atoms with E-state index in [1.807, 2.05) is 36.4 Å². The molecule has 0 spiro atoms. The van der Waals surface area contributed by atoms with Crippen LogP contribution in [0.15, 0.2) is 60.7 Å². The molecule has 0 saturated carbocycles. The van der Waals surface area contributed by atoms with Crippen LogP contribution in [0, 0.1) is 0 Å². The van der Waals surface area contributed by atoms with Crippen LogP contribution < -0.4 is 0 Å². The highest BCUT2D eigenvalue weighted by atomic mass is 16.1. The molecule has 88 valence electrons. The predicted octanol–water partition coefficient (Wildman–Crippen LogP) is 3.68. The number of carbonyl (C=O) groups is 1. The molecule has 1 nitrogen and oxygen atoms in total. The van der Waals surface area contributed by atoms with Gasteiger partial charge in [-0.2, -0.15) is 0 Å². The van der Waals surface area contributed by atoms with Crippen LogP contribution >= 0.6 is 0 Å². The van der Waals surface area contributed by atoms with E-state index in [0.717, 1.165) is 18.3 Å². The Balaban J connectivity index is 0.000000171. The summed E-state index contributed by atoms with van der Waals surface area (Å²) in [6.07, 6.45) is 2.58. The summed E-state index contributed by atoms with van der Waals surface area (Å²) in [6, 6.07) is 20.1. The molecule has 0 aliphatic carbocycles. The lowest BCUT2D eigenvalue weighted by Crippen LogP contribution is -1.82. The molecule has 1 heteroatoms. The van der Waals surface area contributed by atoms with Crippen LogP contribution in [0.5, 0.6) is 0 Å². The monoisotopic (exact) mass is 226 g/mol. The number of aldehydes is 1. The zero-order chi connectivity index (χ0) is 12.3. The van der Waals surface area contributed by atoms with E-state index in [2.05, 4.69) is 31.2 Å². The van der Waals surface area contributed by atoms with Gasteiger partial charge in [0, 0.05) is 6.42 Å². The van der Waals surface area contributed by atoms with E-state index in [4.69, 9.17) is 0 Å². The summed E-state index contributed by atoms with van der Waals surface area (Å²) in [5, 5.41) is 0. The van der Waals surface area contributed by atoms with Gasteiger partial charge >= 0.3 is 0 Å². The molecule has 0 aliphatic heterocycles. The number of carbonyl (C=O) groups excluding carboxylic acids is 1. The van der Waals surface area contributed by atoms with E-state index in [1.165, 1.54) is 5.56 Å². The Kier molecular flexibility index (Phi) is 6.42. The lowest BCUT2D eigenvalue weighted by molar-refractivity contribution is -0.107. The Hall–Kier alpha value is -1.89. The summed E-state index contributed by atoms with van der Waals surface area (Å²) in [5.41, 5.74) is 2.49. The quantitative estimate of drug-likeness (QED) is 0.730. The molecule has 0 bridgehead atoms. The Morgan fingerprint density at radius 1 is 0.824 bits per heavy atom. The third-order valence-corrected chi connectivity index (χ3v) is 2.41. The first-order valence-electron chi connectivity index (χ1n) is 5.88. The Labute approximate surface area is 103 Å². The van der Waals surface area contributed by atoms with Crippen molar-refractivity contribution in [3.05, 3.63) is 71.8 Å². The van der Waals surface area contributed by atoms with Crippen LogP contribution in [0.4, 0.5) is 0 Å². The molecular weight excluding hydrogens is 208 g/mol. The van der Waals surface area contributed by atoms with Gasteiger partial charge in [-0.1, -0.05) is 67.6 Å². The zero-order valence-corrected chi connectivity index (χ0v) is 10.2. The van der Waals surface area contributed by atoms with E-state index in [9.17, 15) is 4.79 Å². The van der Waals surface area contributed by atoms with Crippen LogP contribution in [0.1, 0.15) is 18.1 Å². The molecule has 2 aromatic carbocycles. The largest absolute Gasteiger partial charge is 0.303 e. The van der Waals surface area contributed by atoms with E-state index in [0.29, 0.717) is 6.42 Å². The van der Waals surface area contributed by atoms with E-state index >= 15 is 0 Å². The molecule has 17 heavy (non-hydrogen) atoms. The Bertz CT molecular complexity index is 406. The molecule has 0 amide bonds. The smallest absolute Gasteiger partial charge is 0.124 e. The van der Waals surface area contributed by atoms with Crippen molar-refractivity contribution in [2.45, 2.75) is 19.8 Å². The van der Waals surface area contributed by atoms with Gasteiger partial charge in [0.1, 0.15) is 6.29 Å². The third kappa shape index (κ3) is 5.67. The highest BCUT2D eigenvalue weighted by molar-refractivity contribution is 5.54. The first-order valence-corrected chi connectivity index (χ1v) is 5.88. The number of hydrogen-bond donors (Lipinski definition) is 0. The normalized spacial score (nSPS) is 9.00. The lowest BCUT2D eigenvalue weighted by Gasteiger charge is -1.89. The average molecular weight is 226 g/mol. The Morgan fingerprint density at radius 3 is 1.65 bits per heavy atom. The van der Waals surface area contributed by atoms with E-state index in [1.54, 1.807) is 0 Å². The van der Waals surface area contributed by atoms with Gasteiger partial charge in [0.05, 0.1) is 0 Å². The predicted molar refractivity (Wildman–Crippen MR) is 72.0 cm³/mol. The highest BCUT2D eigenvalue weighted by Gasteiger charge is 1.84. The molecule has 0 radical (unpaired) electrons. The van der Waals surface area contributed by atoms with Gasteiger partial charge in [-0.05, 0) is 17.5 Å². The molecular formula is C16H18O. The highest BCUT2D eigenvalue weighted by Crippen LogP contribution is 1.97. The molecule has 0 aliphatic rings. The fraction of sp³-hybridized carbons (Fsp3) is 0.188. The van der Waals surface area contributed by atoms with E-state index in [-0.39, 0.29) is 0 Å². The summed E-state index contributed by atoms with van der Waals surface area (Å²) in [7, 11) is 0. The van der Waals surface area contributed by atoms with Crippen molar-refractivity contribution in [1.82, 2.24) is 0 Å². The maximum absolute atomic E-state index is 9.97. The molecule has 2 rings (SSSR count). The van der Waals surface area contributed by atoms with Crippen LogP contribution in [-0.4, -0.2) is 6.29 Å². The molecule has 2 aromatic rings. The minimum Gasteiger partial charge on any atom is -0.303 e. The van der Waals surface area contributed by atoms with Gasteiger partial charge < -0.3 is 4.79 Å². The van der Waals surface area contributed by atoms with Crippen molar-refractivity contribution in [1.29, 1.82) is 0 Å². The maximum atomic E-state index is 9.97. The van der Waals surface area contributed by atoms with Crippen molar-refractivity contribution < 1.29 is 4.79 Å². The topological polar surface area (TPSA) is 17.1 Å². The van der Waals surface area contributed by atoms with Crippen molar-refractivity contribution >= 4 is 6.29 Å². The number of benzene rings is 2. The summed E-state index contributed by atoms with van der Waals surface area (Å²) >= 11 is 0. The van der Waals surface area contributed by atoms with Crippen LogP contribution in [-0.2, 0) is 17.6 Å². The molecule has 0 saturated heterocycles. The standard InChI is InChI=1S/C8H8O.C8H10/c9-7-6-8-4-2-1-3-5-8;1-2-8-6-4-3-5-7-8/h1-5,7H,6H2;3-7H,2H2,1H3. The first-order chi connectivity index (χ1) is 8.36. The summed E-state index contributed by atoms with van der Waals surface area (Å²) < 4.78 is 0. The maximum Gasteiger partial charge on any atom is 0.124 e. The van der Waals surface area contributed by atoms with Gasteiger partial charge in [-0.25, -0.2) is 0 Å². The summed E-state index contributed by atoms with van der Waals surface area (Å²) in [6.45, 7) is 2.16. The number of hydrogen-bond acceptors (Lipinski definition) is 1. The van der Waals surface area contributed by atoms with Crippen molar-refractivity contribution in [3.63, 3.8) is 0 Å². The van der Waals surface area contributed by atoms with Gasteiger partial charge in [0.25, 0.3) is 0 Å². The number of aryl methyl sites for hydroxylation is 1. The van der Waals surface area contributed by atoms with Gasteiger partial charge in [0.15, 0.2) is 0 Å². The van der Waals surface area contributed by atoms with Crippen molar-refractivity contribution in [2.24, 2.45) is 0 Å². The fourth-order valence-corrected chi connectivity index (χ4v) is 1.42. The van der Waals surface area contributed by atoms with Crippen molar-refractivity contribution in [3.8, 4) is 0 Å². The second-order valence-electron chi connectivity index (χ2n) is 3.70.